The van der Waals surface area contributed by atoms with Crippen LogP contribution >= 0.6 is 11.8 Å². The standard InChI is InChI=1S/C19H26N2O4S/c1-5-12-6-8-13(9-7-12)10-24-11(2)17-16(23)15(22)14-18(25-17)26-19(20-14)21(3)4/h5-9,11,14-18,22-23H,1,10H2,2-4H3/t11-,14+,15+,16-,17+,18+/m0/s1. The maximum absolute atomic E-state index is 10.5. The monoisotopic (exact) mass is 378 g/mol. The van der Waals surface area contributed by atoms with Crippen molar-refractivity contribution in [2.75, 3.05) is 14.1 Å². The molecule has 1 aromatic rings. The van der Waals surface area contributed by atoms with Crippen molar-refractivity contribution in [3.63, 3.8) is 0 Å². The van der Waals surface area contributed by atoms with Gasteiger partial charge in [-0.15, -0.1) is 0 Å². The lowest BCUT2D eigenvalue weighted by Gasteiger charge is -2.40. The summed E-state index contributed by atoms with van der Waals surface area (Å²) in [4.78, 5) is 6.35. The van der Waals surface area contributed by atoms with Gasteiger partial charge in [-0.05, 0) is 18.1 Å². The van der Waals surface area contributed by atoms with Crippen molar-refractivity contribution in [3.8, 4) is 0 Å². The molecule has 0 aliphatic carbocycles. The smallest absolute Gasteiger partial charge is 0.161 e. The highest BCUT2D eigenvalue weighted by molar-refractivity contribution is 8.14. The van der Waals surface area contributed by atoms with Gasteiger partial charge in [0.1, 0.15) is 29.8 Å². The molecule has 2 N–H and O–H groups in total. The van der Waals surface area contributed by atoms with Crippen LogP contribution in [0.25, 0.3) is 6.08 Å². The summed E-state index contributed by atoms with van der Waals surface area (Å²) in [6.45, 7) is 6.00. The van der Waals surface area contributed by atoms with E-state index in [4.69, 9.17) is 9.47 Å². The summed E-state index contributed by atoms with van der Waals surface area (Å²) in [5, 5.41) is 21.8. The molecule has 1 aromatic carbocycles. The molecule has 2 heterocycles. The third-order valence-electron chi connectivity index (χ3n) is 4.66. The van der Waals surface area contributed by atoms with Crippen molar-refractivity contribution < 1.29 is 19.7 Å². The molecule has 26 heavy (non-hydrogen) atoms. The Morgan fingerprint density at radius 3 is 2.62 bits per heavy atom. The maximum atomic E-state index is 10.5. The van der Waals surface area contributed by atoms with Gasteiger partial charge in [-0.25, -0.2) is 0 Å². The normalized spacial score (nSPS) is 31.9. The van der Waals surface area contributed by atoms with Crippen molar-refractivity contribution in [3.05, 3.63) is 42.0 Å². The van der Waals surface area contributed by atoms with E-state index in [0.717, 1.165) is 16.3 Å². The average molecular weight is 378 g/mol. The summed E-state index contributed by atoms with van der Waals surface area (Å²) < 4.78 is 11.9. The number of aliphatic hydroxyl groups is 2. The van der Waals surface area contributed by atoms with Gasteiger partial charge in [0.25, 0.3) is 0 Å². The number of thioether (sulfide) groups is 1. The number of aliphatic imine (C=N–C) groups is 1. The van der Waals surface area contributed by atoms with Gasteiger partial charge in [0, 0.05) is 14.1 Å². The van der Waals surface area contributed by atoms with Gasteiger partial charge in [-0.1, -0.05) is 48.7 Å². The second kappa shape index (κ2) is 8.10. The van der Waals surface area contributed by atoms with Crippen LogP contribution in [0.15, 0.2) is 35.8 Å². The van der Waals surface area contributed by atoms with E-state index < -0.39 is 24.4 Å². The number of benzene rings is 1. The lowest BCUT2D eigenvalue weighted by Crippen LogP contribution is -2.58. The number of rotatable bonds is 5. The SMILES string of the molecule is C=Cc1ccc(CO[C@@H](C)[C@H]2O[C@@H]3SC(N(C)C)=N[C@@H]3[C@@H](O)[C@@H]2O)cc1. The first-order chi connectivity index (χ1) is 12.4. The molecule has 0 radical (unpaired) electrons. The minimum atomic E-state index is -1.04. The van der Waals surface area contributed by atoms with E-state index in [-0.39, 0.29) is 11.5 Å². The Morgan fingerprint density at radius 1 is 1.31 bits per heavy atom. The highest BCUT2D eigenvalue weighted by Gasteiger charge is 2.50. The third kappa shape index (κ3) is 3.97. The van der Waals surface area contributed by atoms with E-state index in [9.17, 15) is 10.2 Å². The van der Waals surface area contributed by atoms with Crippen LogP contribution in [-0.4, -0.2) is 70.3 Å². The summed E-state index contributed by atoms with van der Waals surface area (Å²) in [6.07, 6.45) is -1.20. The highest BCUT2D eigenvalue weighted by atomic mass is 32.2. The molecule has 0 amide bonds. The predicted octanol–water partition coefficient (Wildman–Crippen LogP) is 1.71. The Morgan fingerprint density at radius 2 is 2.00 bits per heavy atom. The minimum Gasteiger partial charge on any atom is -0.388 e. The van der Waals surface area contributed by atoms with E-state index >= 15 is 0 Å². The quantitative estimate of drug-likeness (QED) is 0.813. The summed E-state index contributed by atoms with van der Waals surface area (Å²) >= 11 is 1.47. The second-order valence-electron chi connectivity index (χ2n) is 6.83. The lowest BCUT2D eigenvalue weighted by molar-refractivity contribution is -0.193. The first-order valence-corrected chi connectivity index (χ1v) is 9.55. The van der Waals surface area contributed by atoms with Crippen molar-refractivity contribution in [1.29, 1.82) is 0 Å². The van der Waals surface area contributed by atoms with Crippen LogP contribution in [-0.2, 0) is 16.1 Å². The second-order valence-corrected chi connectivity index (χ2v) is 7.89. The van der Waals surface area contributed by atoms with Crippen LogP contribution in [0.5, 0.6) is 0 Å². The number of hydrogen-bond acceptors (Lipinski definition) is 7. The number of nitrogens with zero attached hydrogens (tertiary/aromatic N) is 2. The number of amidine groups is 1. The maximum Gasteiger partial charge on any atom is 0.161 e. The predicted molar refractivity (Wildman–Crippen MR) is 104 cm³/mol. The van der Waals surface area contributed by atoms with Gasteiger partial charge >= 0.3 is 0 Å². The van der Waals surface area contributed by atoms with Crippen molar-refractivity contribution in [2.24, 2.45) is 4.99 Å². The van der Waals surface area contributed by atoms with Crippen molar-refractivity contribution in [1.82, 2.24) is 4.90 Å². The van der Waals surface area contributed by atoms with E-state index in [1.165, 1.54) is 11.8 Å². The molecular weight excluding hydrogens is 352 g/mol. The van der Waals surface area contributed by atoms with Gasteiger partial charge < -0.3 is 24.6 Å². The van der Waals surface area contributed by atoms with E-state index in [1.54, 1.807) is 6.08 Å². The molecule has 2 aliphatic heterocycles. The molecule has 0 aromatic heterocycles. The lowest BCUT2D eigenvalue weighted by atomic mass is 9.95. The largest absolute Gasteiger partial charge is 0.388 e. The number of ether oxygens (including phenoxy) is 2. The first kappa shape index (κ1) is 19.4. The zero-order chi connectivity index (χ0) is 18.8. The van der Waals surface area contributed by atoms with Crippen molar-refractivity contribution in [2.45, 2.75) is 49.4 Å². The fraction of sp³-hybridized carbons (Fsp3) is 0.526. The molecule has 6 nitrogen and oxygen atoms in total. The van der Waals surface area contributed by atoms with E-state index in [1.807, 2.05) is 50.2 Å². The number of fused-ring (bicyclic) bond motifs is 1. The van der Waals surface area contributed by atoms with Crippen LogP contribution in [0.1, 0.15) is 18.1 Å². The van der Waals surface area contributed by atoms with Crippen LogP contribution < -0.4 is 0 Å². The van der Waals surface area contributed by atoms with Crippen LogP contribution in [0, 0.1) is 0 Å². The molecule has 142 valence electrons. The molecule has 0 bridgehead atoms. The van der Waals surface area contributed by atoms with Crippen LogP contribution in [0.3, 0.4) is 0 Å². The fourth-order valence-electron chi connectivity index (χ4n) is 3.05. The molecule has 0 unspecified atom stereocenters. The average Bonchev–Trinajstić information content (AvgIpc) is 3.08. The summed E-state index contributed by atoms with van der Waals surface area (Å²) in [6, 6.07) is 7.47. The van der Waals surface area contributed by atoms with E-state index in [2.05, 4.69) is 11.6 Å². The summed E-state index contributed by atoms with van der Waals surface area (Å²) in [5.74, 6) is 0. The Labute approximate surface area is 158 Å². The fourth-order valence-corrected chi connectivity index (χ4v) is 4.20. The van der Waals surface area contributed by atoms with Gasteiger partial charge in [0.2, 0.25) is 0 Å². The highest BCUT2D eigenvalue weighted by Crippen LogP contribution is 2.38. The molecule has 1 fully saturated rings. The molecule has 1 saturated heterocycles. The zero-order valence-corrected chi connectivity index (χ0v) is 16.1. The summed E-state index contributed by atoms with van der Waals surface area (Å²) in [7, 11) is 3.79. The first-order valence-electron chi connectivity index (χ1n) is 8.67. The molecule has 2 aliphatic rings. The summed E-state index contributed by atoms with van der Waals surface area (Å²) in [5.41, 5.74) is 1.77. The van der Waals surface area contributed by atoms with Crippen LogP contribution in [0.2, 0.25) is 0 Å². The Kier molecular flexibility index (Phi) is 6.04. The minimum absolute atomic E-state index is 0.311. The van der Waals surface area contributed by atoms with E-state index in [0.29, 0.717) is 6.61 Å². The van der Waals surface area contributed by atoms with Crippen molar-refractivity contribution >= 4 is 23.0 Å². The molecular formula is C19H26N2O4S. The van der Waals surface area contributed by atoms with Gasteiger partial charge in [0.05, 0.1) is 12.7 Å². The topological polar surface area (TPSA) is 74.5 Å². The Bertz CT molecular complexity index is 664. The number of aliphatic hydroxyl groups excluding tert-OH is 2. The molecule has 3 rings (SSSR count). The van der Waals surface area contributed by atoms with Gasteiger partial charge in [-0.3, -0.25) is 4.99 Å². The molecule has 6 atom stereocenters. The van der Waals surface area contributed by atoms with Gasteiger partial charge in [-0.2, -0.15) is 0 Å². The Balaban J connectivity index is 1.61. The molecule has 7 heteroatoms. The molecule has 0 saturated carbocycles. The number of hydrogen-bond donors (Lipinski definition) is 2. The van der Waals surface area contributed by atoms with Gasteiger partial charge in [0.15, 0.2) is 5.17 Å². The van der Waals surface area contributed by atoms with Crippen LogP contribution in [0.4, 0.5) is 0 Å². The zero-order valence-electron chi connectivity index (χ0n) is 15.3. The third-order valence-corrected chi connectivity index (χ3v) is 5.96. The molecule has 0 spiro atoms. The Hall–Kier alpha value is -1.38.